The lowest BCUT2D eigenvalue weighted by molar-refractivity contribution is -0.0525. The summed E-state index contributed by atoms with van der Waals surface area (Å²) in [6, 6.07) is 2.49. The zero-order valence-corrected chi connectivity index (χ0v) is 19.6. The monoisotopic (exact) mass is 456 g/mol. The van der Waals surface area contributed by atoms with Crippen LogP contribution in [-0.2, 0) is 6.42 Å². The maximum absolute atomic E-state index is 14.2. The number of halogens is 4. The Labute approximate surface area is 191 Å². The summed E-state index contributed by atoms with van der Waals surface area (Å²) < 4.78 is 56.7. The van der Waals surface area contributed by atoms with Crippen molar-refractivity contribution in [3.8, 4) is 5.75 Å². The quantitative estimate of drug-likeness (QED) is 0.238. The van der Waals surface area contributed by atoms with Crippen LogP contribution in [0.15, 0.2) is 12.1 Å². The molecule has 0 aliphatic heterocycles. The molecule has 0 radical (unpaired) electrons. The van der Waals surface area contributed by atoms with Crippen LogP contribution < -0.4 is 4.74 Å². The standard InChI is InChI=1S/C27H40F4O/c1-2-3-4-5-6-19-7-12-21(13-8-19)22-14-9-20(10-15-22)11-16-23-17-18-24(32-27(30)31)26(29)25(23)28/h17-22,27H,2-16H2,1H3/t19-,20-,21-,22-. The molecule has 0 spiro atoms. The highest BCUT2D eigenvalue weighted by atomic mass is 19.3. The van der Waals surface area contributed by atoms with Gasteiger partial charge in [0.05, 0.1) is 0 Å². The molecule has 1 aromatic rings. The molecule has 0 saturated heterocycles. The number of hydrogen-bond donors (Lipinski definition) is 0. The van der Waals surface area contributed by atoms with Crippen LogP contribution in [0.2, 0.25) is 0 Å². The number of hydrogen-bond acceptors (Lipinski definition) is 1. The van der Waals surface area contributed by atoms with Gasteiger partial charge in [-0.1, -0.05) is 70.8 Å². The van der Waals surface area contributed by atoms with Crippen molar-refractivity contribution in [2.24, 2.45) is 23.7 Å². The van der Waals surface area contributed by atoms with Gasteiger partial charge >= 0.3 is 6.61 Å². The van der Waals surface area contributed by atoms with Gasteiger partial charge in [0.2, 0.25) is 5.82 Å². The molecule has 1 aromatic carbocycles. The van der Waals surface area contributed by atoms with Crippen LogP contribution in [0.1, 0.15) is 102 Å². The third kappa shape index (κ3) is 7.38. The van der Waals surface area contributed by atoms with Crippen LogP contribution in [0.25, 0.3) is 0 Å². The molecule has 2 saturated carbocycles. The number of alkyl halides is 2. The second-order valence-electron chi connectivity index (χ2n) is 10.2. The minimum absolute atomic E-state index is 0.253. The van der Waals surface area contributed by atoms with Gasteiger partial charge in [-0.15, -0.1) is 0 Å². The third-order valence-electron chi connectivity index (χ3n) is 8.08. The normalized spacial score (nSPS) is 26.4. The van der Waals surface area contributed by atoms with E-state index in [1.54, 1.807) is 0 Å². The molecular formula is C27H40F4O. The predicted octanol–water partition coefficient (Wildman–Crippen LogP) is 9.08. The highest BCUT2D eigenvalue weighted by Gasteiger charge is 2.30. The Morgan fingerprint density at radius 3 is 1.94 bits per heavy atom. The molecule has 32 heavy (non-hydrogen) atoms. The van der Waals surface area contributed by atoms with Crippen molar-refractivity contribution in [3.05, 3.63) is 29.3 Å². The fourth-order valence-corrected chi connectivity index (χ4v) is 6.07. The van der Waals surface area contributed by atoms with Crippen molar-refractivity contribution in [2.75, 3.05) is 0 Å². The van der Waals surface area contributed by atoms with Crippen molar-refractivity contribution >= 4 is 0 Å². The minimum atomic E-state index is -3.16. The van der Waals surface area contributed by atoms with Crippen LogP contribution in [0.4, 0.5) is 17.6 Å². The number of benzene rings is 1. The third-order valence-corrected chi connectivity index (χ3v) is 8.08. The van der Waals surface area contributed by atoms with Crippen molar-refractivity contribution in [2.45, 2.75) is 110 Å². The van der Waals surface area contributed by atoms with Gasteiger partial charge in [-0.25, -0.2) is 4.39 Å². The Morgan fingerprint density at radius 2 is 1.38 bits per heavy atom. The van der Waals surface area contributed by atoms with Gasteiger partial charge in [-0.05, 0) is 73.8 Å². The van der Waals surface area contributed by atoms with E-state index in [2.05, 4.69) is 11.7 Å². The van der Waals surface area contributed by atoms with E-state index in [-0.39, 0.29) is 5.56 Å². The van der Waals surface area contributed by atoms with Crippen LogP contribution in [0.3, 0.4) is 0 Å². The fraction of sp³-hybridized carbons (Fsp3) is 0.778. The maximum atomic E-state index is 14.2. The topological polar surface area (TPSA) is 9.23 Å². The average Bonchev–Trinajstić information content (AvgIpc) is 2.80. The molecule has 0 atom stereocenters. The summed E-state index contributed by atoms with van der Waals surface area (Å²) in [5.74, 6) is 0.130. The minimum Gasteiger partial charge on any atom is -0.432 e. The van der Waals surface area contributed by atoms with Crippen molar-refractivity contribution in [3.63, 3.8) is 0 Å². The Bertz CT molecular complexity index is 676. The average molecular weight is 457 g/mol. The molecule has 0 amide bonds. The first-order valence-electron chi connectivity index (χ1n) is 12.9. The van der Waals surface area contributed by atoms with E-state index < -0.39 is 24.0 Å². The largest absolute Gasteiger partial charge is 0.432 e. The number of unbranched alkanes of at least 4 members (excludes halogenated alkanes) is 3. The van der Waals surface area contributed by atoms with Gasteiger partial charge < -0.3 is 4.74 Å². The Kier molecular flexibility index (Phi) is 10.2. The van der Waals surface area contributed by atoms with Crippen LogP contribution in [0.5, 0.6) is 5.75 Å². The number of ether oxygens (including phenoxy) is 1. The zero-order valence-electron chi connectivity index (χ0n) is 19.6. The summed E-state index contributed by atoms with van der Waals surface area (Å²) in [5.41, 5.74) is 0.253. The van der Waals surface area contributed by atoms with Crippen LogP contribution in [0, 0.1) is 35.3 Å². The second kappa shape index (κ2) is 12.8. The van der Waals surface area contributed by atoms with E-state index in [0.29, 0.717) is 12.3 Å². The van der Waals surface area contributed by atoms with E-state index in [9.17, 15) is 17.6 Å². The Morgan fingerprint density at radius 1 is 0.781 bits per heavy atom. The highest BCUT2D eigenvalue weighted by molar-refractivity contribution is 5.31. The summed E-state index contributed by atoms with van der Waals surface area (Å²) in [7, 11) is 0. The zero-order chi connectivity index (χ0) is 22.9. The first-order valence-corrected chi connectivity index (χ1v) is 12.9. The van der Waals surface area contributed by atoms with Crippen molar-refractivity contribution in [1.29, 1.82) is 0 Å². The van der Waals surface area contributed by atoms with Gasteiger partial charge in [-0.2, -0.15) is 13.2 Å². The van der Waals surface area contributed by atoms with E-state index >= 15 is 0 Å². The SMILES string of the molecule is CCCCCC[C@H]1CC[C@H]([C@H]2CC[C@H](CCc3ccc(OC(F)F)c(F)c3F)CC2)CC1. The summed E-state index contributed by atoms with van der Waals surface area (Å²) in [6.07, 6.45) is 18.6. The van der Waals surface area contributed by atoms with Crippen LogP contribution >= 0.6 is 0 Å². The first kappa shape index (κ1) is 25.4. The lowest BCUT2D eigenvalue weighted by atomic mass is 9.68. The van der Waals surface area contributed by atoms with Crippen molar-refractivity contribution < 1.29 is 22.3 Å². The second-order valence-corrected chi connectivity index (χ2v) is 10.2. The molecule has 0 bridgehead atoms. The summed E-state index contributed by atoms with van der Waals surface area (Å²) >= 11 is 0. The van der Waals surface area contributed by atoms with Crippen LogP contribution in [-0.4, -0.2) is 6.61 Å². The fourth-order valence-electron chi connectivity index (χ4n) is 6.07. The Balaban J connectivity index is 1.36. The van der Waals surface area contributed by atoms with E-state index in [1.165, 1.54) is 76.7 Å². The maximum Gasteiger partial charge on any atom is 0.387 e. The molecule has 5 heteroatoms. The molecule has 0 heterocycles. The van der Waals surface area contributed by atoms with E-state index in [0.717, 1.165) is 43.1 Å². The number of rotatable bonds is 11. The Hall–Kier alpha value is -1.26. The molecular weight excluding hydrogens is 416 g/mol. The first-order chi connectivity index (χ1) is 15.5. The van der Waals surface area contributed by atoms with E-state index in [1.807, 2.05) is 0 Å². The van der Waals surface area contributed by atoms with Gasteiger partial charge in [0.25, 0.3) is 0 Å². The molecule has 0 aromatic heterocycles. The molecule has 2 aliphatic rings. The summed E-state index contributed by atoms with van der Waals surface area (Å²) in [5, 5.41) is 0. The lowest BCUT2D eigenvalue weighted by Gasteiger charge is -2.38. The molecule has 182 valence electrons. The van der Waals surface area contributed by atoms with Gasteiger partial charge in [0, 0.05) is 0 Å². The van der Waals surface area contributed by atoms with Crippen molar-refractivity contribution in [1.82, 2.24) is 0 Å². The molecule has 0 N–H and O–H groups in total. The summed E-state index contributed by atoms with van der Waals surface area (Å²) in [6.45, 7) is -0.894. The van der Waals surface area contributed by atoms with E-state index in [4.69, 9.17) is 0 Å². The lowest BCUT2D eigenvalue weighted by Crippen LogP contribution is -2.26. The molecule has 3 rings (SSSR count). The molecule has 1 nitrogen and oxygen atoms in total. The highest BCUT2D eigenvalue weighted by Crippen LogP contribution is 2.43. The van der Waals surface area contributed by atoms with Gasteiger partial charge in [0.15, 0.2) is 11.6 Å². The molecule has 0 unspecified atom stereocenters. The summed E-state index contributed by atoms with van der Waals surface area (Å²) in [4.78, 5) is 0. The predicted molar refractivity (Wildman–Crippen MR) is 121 cm³/mol. The van der Waals surface area contributed by atoms with Gasteiger partial charge in [-0.3, -0.25) is 0 Å². The number of aryl methyl sites for hydroxylation is 1. The van der Waals surface area contributed by atoms with Gasteiger partial charge in [0.1, 0.15) is 0 Å². The molecule has 2 aliphatic carbocycles. The molecule has 2 fully saturated rings. The smallest absolute Gasteiger partial charge is 0.387 e.